The van der Waals surface area contributed by atoms with Crippen LogP contribution >= 0.6 is 43.5 Å². The molecule has 0 saturated carbocycles. The Bertz CT molecular complexity index is 1920. The summed E-state index contributed by atoms with van der Waals surface area (Å²) in [4.78, 5) is 39.7. The lowest BCUT2D eigenvalue weighted by Gasteiger charge is -2.09. The topological polar surface area (TPSA) is 136 Å². The third-order valence-corrected chi connectivity index (χ3v) is 7.80. The number of hydrogen-bond acceptors (Lipinski definition) is 7. The summed E-state index contributed by atoms with van der Waals surface area (Å²) in [6, 6.07) is 20.6. The third-order valence-electron chi connectivity index (χ3n) is 6.31. The molecule has 1 aromatic heterocycles. The highest BCUT2D eigenvalue weighted by Gasteiger charge is 2.24. The van der Waals surface area contributed by atoms with Gasteiger partial charge < -0.3 is 14.5 Å². The van der Waals surface area contributed by atoms with Gasteiger partial charge in [-0.3, -0.25) is 14.9 Å². The van der Waals surface area contributed by atoms with E-state index in [0.29, 0.717) is 42.8 Å². The van der Waals surface area contributed by atoms with Crippen LogP contribution in [0.3, 0.4) is 0 Å². The molecule has 2 N–H and O–H groups in total. The molecule has 0 unspecified atom stereocenters. The molecule has 0 radical (unpaired) electrons. The molecule has 4 aromatic carbocycles. The quantitative estimate of drug-likeness (QED) is 0.0549. The van der Waals surface area contributed by atoms with Crippen molar-refractivity contribution in [2.24, 2.45) is 5.10 Å². The van der Waals surface area contributed by atoms with Crippen molar-refractivity contribution in [3.63, 3.8) is 0 Å². The van der Waals surface area contributed by atoms with E-state index in [1.807, 2.05) is 18.2 Å². The maximum atomic E-state index is 13.5. The molecule has 5 rings (SSSR count). The summed E-state index contributed by atoms with van der Waals surface area (Å²) in [6.07, 6.45) is 1.33. The maximum absolute atomic E-state index is 13.5. The average Bonchev–Trinajstić information content (AvgIpc) is 3.40. The van der Waals surface area contributed by atoms with Gasteiger partial charge in [0.25, 0.3) is 11.6 Å². The first kappa shape index (κ1) is 30.0. The zero-order valence-corrected chi connectivity index (χ0v) is 26.0. The van der Waals surface area contributed by atoms with E-state index in [2.05, 4.69) is 47.4 Å². The molecule has 5 aromatic rings. The van der Waals surface area contributed by atoms with Gasteiger partial charge >= 0.3 is 5.97 Å². The normalized spacial score (nSPS) is 11.1. The van der Waals surface area contributed by atoms with Crippen molar-refractivity contribution in [1.82, 2.24) is 10.4 Å². The van der Waals surface area contributed by atoms with Gasteiger partial charge in [0, 0.05) is 48.2 Å². The molecule has 0 fully saturated rings. The Balaban J connectivity index is 1.45. The molecule has 216 valence electrons. The molecule has 1 heterocycles. The van der Waals surface area contributed by atoms with E-state index in [9.17, 15) is 19.7 Å². The van der Waals surface area contributed by atoms with Crippen molar-refractivity contribution in [3.8, 4) is 22.6 Å². The number of aromatic nitrogens is 1. The highest BCUT2D eigenvalue weighted by atomic mass is 79.9. The van der Waals surface area contributed by atoms with Crippen molar-refractivity contribution in [2.45, 2.75) is 0 Å². The second kappa shape index (κ2) is 12.8. The van der Waals surface area contributed by atoms with E-state index in [-0.39, 0.29) is 22.7 Å². The molecule has 0 aliphatic carbocycles. The van der Waals surface area contributed by atoms with E-state index in [1.165, 1.54) is 37.6 Å². The van der Waals surface area contributed by atoms with Crippen molar-refractivity contribution in [2.75, 3.05) is 7.11 Å². The van der Waals surface area contributed by atoms with Gasteiger partial charge in [0.05, 0.1) is 29.3 Å². The molecule has 0 saturated heterocycles. The predicted octanol–water partition coefficient (Wildman–Crippen LogP) is 7.91. The molecule has 1 amide bonds. The first-order valence-electron chi connectivity index (χ1n) is 12.4. The number of esters is 1. The largest absolute Gasteiger partial charge is 0.495 e. The molecule has 0 aliphatic rings. The summed E-state index contributed by atoms with van der Waals surface area (Å²) in [6.45, 7) is 0. The lowest BCUT2D eigenvalue weighted by atomic mass is 10.0. The Kier molecular flexibility index (Phi) is 8.90. The number of nitrogens with zero attached hydrogens (tertiary/aromatic N) is 2. The summed E-state index contributed by atoms with van der Waals surface area (Å²) >= 11 is 13.5. The zero-order chi connectivity index (χ0) is 30.7. The van der Waals surface area contributed by atoms with Gasteiger partial charge in [-0.15, -0.1) is 0 Å². The number of nitro benzene ring substituents is 1. The van der Waals surface area contributed by atoms with Crippen LogP contribution in [0, 0.1) is 10.1 Å². The lowest BCUT2D eigenvalue weighted by molar-refractivity contribution is -0.384. The number of H-pyrrole nitrogens is 1. The standard InChI is InChI=1S/C30H19Br2ClN4O6/c1-42-24-13-11-21(32)26-25(20-4-2-3-5-22(20)33)28(35-27(24)26)29(38)36-34-15-17-14-18(31)8-12-23(17)43-30(39)16-6-9-19(10-7-16)37(40)41/h2-15,35H,1H3,(H,36,38). The van der Waals surface area contributed by atoms with Crippen molar-refractivity contribution < 1.29 is 24.0 Å². The Morgan fingerprint density at radius 1 is 1.02 bits per heavy atom. The molecule has 10 nitrogen and oxygen atoms in total. The number of aromatic amines is 1. The van der Waals surface area contributed by atoms with Crippen molar-refractivity contribution in [1.29, 1.82) is 0 Å². The fraction of sp³-hybridized carbons (Fsp3) is 0.0333. The molecule has 0 atom stereocenters. The van der Waals surface area contributed by atoms with Gasteiger partial charge in [0.1, 0.15) is 17.2 Å². The molecule has 0 aliphatic heterocycles. The number of amides is 1. The van der Waals surface area contributed by atoms with E-state index in [0.717, 1.165) is 4.47 Å². The van der Waals surface area contributed by atoms with Crippen LogP contribution in [0.15, 0.2) is 92.9 Å². The maximum Gasteiger partial charge on any atom is 0.343 e. The van der Waals surface area contributed by atoms with Gasteiger partial charge in [-0.05, 0) is 48.5 Å². The van der Waals surface area contributed by atoms with Crippen LogP contribution in [0.4, 0.5) is 5.69 Å². The van der Waals surface area contributed by atoms with Gasteiger partial charge in [-0.2, -0.15) is 5.10 Å². The fourth-order valence-electron chi connectivity index (χ4n) is 4.32. The average molecular weight is 727 g/mol. The van der Waals surface area contributed by atoms with Crippen molar-refractivity contribution in [3.05, 3.63) is 120 Å². The molecular formula is C30H19Br2ClN4O6. The minimum atomic E-state index is -0.724. The first-order chi connectivity index (χ1) is 20.7. The second-order valence-corrected chi connectivity index (χ2v) is 11.1. The molecule has 0 spiro atoms. The molecule has 13 heteroatoms. The van der Waals surface area contributed by atoms with Crippen LogP contribution in [0.1, 0.15) is 26.4 Å². The SMILES string of the molecule is COc1ccc(Br)c2c(-c3ccccc3Cl)c(C(=O)NN=Cc3cc(Br)ccc3OC(=O)c3ccc([N+](=O)[O-])cc3)[nH]c12. The van der Waals surface area contributed by atoms with Crippen molar-refractivity contribution >= 4 is 78.1 Å². The number of hydrazone groups is 1. The van der Waals surface area contributed by atoms with Crippen LogP contribution in [0.2, 0.25) is 5.02 Å². The minimum Gasteiger partial charge on any atom is -0.495 e. The van der Waals surface area contributed by atoms with Gasteiger partial charge in [0.15, 0.2) is 0 Å². The number of nitrogens with one attached hydrogen (secondary N) is 2. The first-order valence-corrected chi connectivity index (χ1v) is 14.4. The van der Waals surface area contributed by atoms with E-state index in [1.54, 1.807) is 36.4 Å². The van der Waals surface area contributed by atoms with Crippen LogP contribution in [-0.2, 0) is 0 Å². The fourth-order valence-corrected chi connectivity index (χ4v) is 5.46. The van der Waals surface area contributed by atoms with Gasteiger partial charge in [-0.1, -0.05) is 61.7 Å². The van der Waals surface area contributed by atoms with E-state index in [4.69, 9.17) is 21.1 Å². The summed E-state index contributed by atoms with van der Waals surface area (Å²) in [5, 5.41) is 16.2. The number of carbonyl (C=O) groups excluding carboxylic acids is 2. The Labute approximate surface area is 266 Å². The van der Waals surface area contributed by atoms with Crippen LogP contribution < -0.4 is 14.9 Å². The molecular weight excluding hydrogens is 708 g/mol. The Morgan fingerprint density at radius 3 is 2.44 bits per heavy atom. The minimum absolute atomic E-state index is 0.122. The number of ether oxygens (including phenoxy) is 2. The zero-order valence-electron chi connectivity index (χ0n) is 22.1. The number of nitro groups is 1. The predicted molar refractivity (Wildman–Crippen MR) is 170 cm³/mol. The summed E-state index contributed by atoms with van der Waals surface area (Å²) in [5.74, 6) is -0.600. The number of methoxy groups -OCH3 is 1. The lowest BCUT2D eigenvalue weighted by Crippen LogP contribution is -2.19. The summed E-state index contributed by atoms with van der Waals surface area (Å²) in [5.41, 5.74) is 4.84. The monoisotopic (exact) mass is 724 g/mol. The third kappa shape index (κ3) is 6.31. The smallest absolute Gasteiger partial charge is 0.343 e. The number of hydrogen-bond donors (Lipinski definition) is 2. The molecule has 0 bridgehead atoms. The van der Waals surface area contributed by atoms with Crippen LogP contribution in [0.25, 0.3) is 22.0 Å². The van der Waals surface area contributed by atoms with Gasteiger partial charge in [-0.25, -0.2) is 10.2 Å². The molecule has 43 heavy (non-hydrogen) atoms. The number of non-ortho nitro benzene ring substituents is 1. The van der Waals surface area contributed by atoms with E-state index < -0.39 is 16.8 Å². The Morgan fingerprint density at radius 2 is 1.74 bits per heavy atom. The van der Waals surface area contributed by atoms with Crippen LogP contribution in [-0.4, -0.2) is 35.1 Å². The summed E-state index contributed by atoms with van der Waals surface area (Å²) in [7, 11) is 1.53. The highest BCUT2D eigenvalue weighted by molar-refractivity contribution is 9.11. The number of fused-ring (bicyclic) bond motifs is 1. The van der Waals surface area contributed by atoms with Gasteiger partial charge in [0.2, 0.25) is 0 Å². The Hall–Kier alpha value is -4.52. The number of carbonyl (C=O) groups is 2. The number of benzene rings is 4. The second-order valence-electron chi connectivity index (χ2n) is 8.93. The number of rotatable bonds is 8. The highest BCUT2D eigenvalue weighted by Crippen LogP contribution is 2.43. The summed E-state index contributed by atoms with van der Waals surface area (Å²) < 4.78 is 12.4. The van der Waals surface area contributed by atoms with E-state index >= 15 is 0 Å². The van der Waals surface area contributed by atoms with Crippen LogP contribution in [0.5, 0.6) is 11.5 Å². The number of halogens is 3.